The van der Waals surface area contributed by atoms with Gasteiger partial charge in [-0.2, -0.15) is 0 Å². The molecule has 1 aliphatic rings. The molecular weight excluding hydrogens is 232 g/mol. The topological polar surface area (TPSA) is 69.6 Å². The third kappa shape index (κ3) is 2.43. The summed E-state index contributed by atoms with van der Waals surface area (Å²) >= 11 is 0. The maximum Gasteiger partial charge on any atom is 0.356 e. The summed E-state index contributed by atoms with van der Waals surface area (Å²) < 4.78 is 0. The fraction of sp³-hybridized carbons (Fsp3) is 0.583. The maximum atomic E-state index is 10.9. The quantitative estimate of drug-likeness (QED) is 0.833. The lowest BCUT2D eigenvalue weighted by atomic mass is 10.00. The lowest BCUT2D eigenvalue weighted by Crippen LogP contribution is -2.58. The van der Waals surface area contributed by atoms with Crippen molar-refractivity contribution in [2.24, 2.45) is 0 Å². The molecule has 6 heteroatoms. The fourth-order valence-corrected chi connectivity index (χ4v) is 2.05. The number of likely N-dealkylation sites (N-methyl/N-ethyl adjacent to an activating group) is 1. The van der Waals surface area contributed by atoms with Gasteiger partial charge in [0.15, 0.2) is 5.69 Å². The predicted octanol–water partition coefficient (Wildman–Crippen LogP) is 0.705. The summed E-state index contributed by atoms with van der Waals surface area (Å²) in [6.07, 6.45) is 2.89. The zero-order chi connectivity index (χ0) is 13.3. The number of aromatic carboxylic acids is 1. The zero-order valence-corrected chi connectivity index (χ0v) is 10.9. The van der Waals surface area contributed by atoms with Crippen LogP contribution in [0.3, 0.4) is 0 Å². The van der Waals surface area contributed by atoms with Gasteiger partial charge in [0.25, 0.3) is 0 Å². The molecule has 0 saturated carbocycles. The lowest BCUT2D eigenvalue weighted by Gasteiger charge is -2.45. The molecule has 1 aromatic rings. The van der Waals surface area contributed by atoms with Crippen molar-refractivity contribution in [3.05, 3.63) is 18.1 Å². The third-order valence-electron chi connectivity index (χ3n) is 3.48. The normalized spacial score (nSPS) is 19.8. The van der Waals surface area contributed by atoms with Crippen LogP contribution in [0.5, 0.6) is 0 Å². The van der Waals surface area contributed by atoms with E-state index in [1.165, 1.54) is 6.20 Å². The molecule has 1 saturated heterocycles. The molecule has 6 nitrogen and oxygen atoms in total. The van der Waals surface area contributed by atoms with Gasteiger partial charge in [-0.25, -0.2) is 9.78 Å². The number of nitrogens with zero attached hydrogens (tertiary/aromatic N) is 4. The average Bonchev–Trinajstić information content (AvgIpc) is 2.33. The Hall–Kier alpha value is -1.69. The van der Waals surface area contributed by atoms with Crippen LogP contribution >= 0.6 is 0 Å². The zero-order valence-electron chi connectivity index (χ0n) is 10.9. The number of carbonyl (C=O) groups is 1. The van der Waals surface area contributed by atoms with Gasteiger partial charge in [0.1, 0.15) is 5.82 Å². The second kappa shape index (κ2) is 4.53. The second-order valence-electron chi connectivity index (χ2n) is 5.22. The van der Waals surface area contributed by atoms with Crippen LogP contribution in [-0.4, -0.2) is 58.2 Å². The molecule has 2 rings (SSSR count). The van der Waals surface area contributed by atoms with Crippen LogP contribution in [0, 0.1) is 0 Å². The Bertz CT molecular complexity index is 461. The Morgan fingerprint density at radius 1 is 1.39 bits per heavy atom. The van der Waals surface area contributed by atoms with Crippen LogP contribution < -0.4 is 4.90 Å². The van der Waals surface area contributed by atoms with E-state index >= 15 is 0 Å². The summed E-state index contributed by atoms with van der Waals surface area (Å²) in [5.41, 5.74) is 0.0309. The molecule has 0 radical (unpaired) electrons. The van der Waals surface area contributed by atoms with Crippen LogP contribution in [0.4, 0.5) is 5.82 Å². The van der Waals surface area contributed by atoms with Crippen molar-refractivity contribution in [2.75, 3.05) is 31.6 Å². The van der Waals surface area contributed by atoms with Crippen LogP contribution in [-0.2, 0) is 0 Å². The number of carboxylic acids is 1. The monoisotopic (exact) mass is 250 g/mol. The summed E-state index contributed by atoms with van der Waals surface area (Å²) in [7, 11) is 2.09. The van der Waals surface area contributed by atoms with Crippen molar-refractivity contribution < 1.29 is 9.90 Å². The molecule has 98 valence electrons. The van der Waals surface area contributed by atoms with Gasteiger partial charge in [0.05, 0.1) is 12.4 Å². The van der Waals surface area contributed by atoms with Crippen LogP contribution in [0.1, 0.15) is 24.3 Å². The molecule has 0 spiro atoms. The highest BCUT2D eigenvalue weighted by Gasteiger charge is 2.31. The van der Waals surface area contributed by atoms with Gasteiger partial charge < -0.3 is 10.0 Å². The van der Waals surface area contributed by atoms with Crippen molar-refractivity contribution in [3.63, 3.8) is 0 Å². The van der Waals surface area contributed by atoms with E-state index in [0.29, 0.717) is 5.82 Å². The van der Waals surface area contributed by atoms with Crippen LogP contribution in [0.2, 0.25) is 0 Å². The highest BCUT2D eigenvalue weighted by molar-refractivity contribution is 5.85. The molecule has 2 heterocycles. The van der Waals surface area contributed by atoms with E-state index in [1.54, 1.807) is 6.20 Å². The van der Waals surface area contributed by atoms with Crippen molar-refractivity contribution in [3.8, 4) is 0 Å². The van der Waals surface area contributed by atoms with E-state index in [-0.39, 0.29) is 11.2 Å². The molecule has 0 aliphatic carbocycles. The highest BCUT2D eigenvalue weighted by atomic mass is 16.4. The number of rotatable bonds is 2. The Kier molecular flexibility index (Phi) is 3.21. The minimum Gasteiger partial charge on any atom is -0.476 e. The summed E-state index contributed by atoms with van der Waals surface area (Å²) in [4.78, 5) is 23.3. The first-order valence-corrected chi connectivity index (χ1v) is 5.92. The SMILES string of the molecule is CN1CCN(c2cncc(C(=O)O)n2)CC1(C)C. The molecule has 1 N–H and O–H groups in total. The molecular formula is C12H18N4O2. The van der Waals surface area contributed by atoms with E-state index in [0.717, 1.165) is 19.6 Å². The summed E-state index contributed by atoms with van der Waals surface area (Å²) in [5, 5.41) is 8.92. The molecule has 0 aromatic carbocycles. The molecule has 1 aliphatic heterocycles. The molecule has 1 aromatic heterocycles. The molecule has 1 fully saturated rings. The Morgan fingerprint density at radius 2 is 2.11 bits per heavy atom. The van der Waals surface area contributed by atoms with Gasteiger partial charge in [0.2, 0.25) is 0 Å². The number of piperazine rings is 1. The van der Waals surface area contributed by atoms with E-state index in [2.05, 4.69) is 40.7 Å². The Morgan fingerprint density at radius 3 is 2.72 bits per heavy atom. The van der Waals surface area contributed by atoms with E-state index in [1.807, 2.05) is 0 Å². The molecule has 0 amide bonds. The first-order valence-electron chi connectivity index (χ1n) is 5.92. The maximum absolute atomic E-state index is 10.9. The number of carboxylic acid groups (broad SMARTS) is 1. The third-order valence-corrected chi connectivity index (χ3v) is 3.48. The van der Waals surface area contributed by atoms with Crippen LogP contribution in [0.15, 0.2) is 12.4 Å². The van der Waals surface area contributed by atoms with E-state index in [9.17, 15) is 4.79 Å². The first-order chi connectivity index (χ1) is 8.40. The molecule has 0 bridgehead atoms. The molecule has 0 unspecified atom stereocenters. The van der Waals surface area contributed by atoms with Crippen molar-refractivity contribution >= 4 is 11.8 Å². The largest absolute Gasteiger partial charge is 0.476 e. The first kappa shape index (κ1) is 12.8. The van der Waals surface area contributed by atoms with E-state index < -0.39 is 5.97 Å². The number of anilines is 1. The van der Waals surface area contributed by atoms with Gasteiger partial charge in [0, 0.05) is 25.2 Å². The van der Waals surface area contributed by atoms with Crippen LogP contribution in [0.25, 0.3) is 0 Å². The van der Waals surface area contributed by atoms with Gasteiger partial charge in [-0.3, -0.25) is 9.88 Å². The van der Waals surface area contributed by atoms with Crippen molar-refractivity contribution in [1.82, 2.24) is 14.9 Å². The fourth-order valence-electron chi connectivity index (χ4n) is 2.05. The average molecular weight is 250 g/mol. The van der Waals surface area contributed by atoms with E-state index in [4.69, 9.17) is 5.11 Å². The van der Waals surface area contributed by atoms with Gasteiger partial charge in [-0.15, -0.1) is 0 Å². The van der Waals surface area contributed by atoms with Gasteiger partial charge in [-0.1, -0.05) is 0 Å². The Labute approximate surface area is 106 Å². The van der Waals surface area contributed by atoms with Crippen molar-refractivity contribution in [1.29, 1.82) is 0 Å². The summed E-state index contributed by atoms with van der Waals surface area (Å²) in [6.45, 7) is 6.88. The minimum absolute atomic E-state index is 0.00997. The standard InChI is InChI=1S/C12H18N4O2/c1-12(2)8-16(5-4-15(12)3)10-7-13-6-9(14-10)11(17)18/h6-7H,4-5,8H2,1-3H3,(H,17,18). The lowest BCUT2D eigenvalue weighted by molar-refractivity contribution is 0.0690. The molecule has 0 atom stereocenters. The smallest absolute Gasteiger partial charge is 0.356 e. The number of hydrogen-bond donors (Lipinski definition) is 1. The molecule has 18 heavy (non-hydrogen) atoms. The van der Waals surface area contributed by atoms with Crippen molar-refractivity contribution in [2.45, 2.75) is 19.4 Å². The Balaban J connectivity index is 2.22. The predicted molar refractivity (Wildman–Crippen MR) is 67.9 cm³/mol. The highest BCUT2D eigenvalue weighted by Crippen LogP contribution is 2.22. The minimum atomic E-state index is -1.04. The second-order valence-corrected chi connectivity index (χ2v) is 5.22. The summed E-state index contributed by atoms with van der Waals surface area (Å²) in [5.74, 6) is -0.409. The summed E-state index contributed by atoms with van der Waals surface area (Å²) in [6, 6.07) is 0. The van der Waals surface area contributed by atoms with Gasteiger partial charge in [-0.05, 0) is 20.9 Å². The van der Waals surface area contributed by atoms with Gasteiger partial charge >= 0.3 is 5.97 Å². The number of aromatic nitrogens is 2. The number of hydrogen-bond acceptors (Lipinski definition) is 5.